The zero-order chi connectivity index (χ0) is 13.7. The zero-order valence-electron chi connectivity index (χ0n) is 10.2. The van der Waals surface area contributed by atoms with Crippen LogP contribution in [0.15, 0.2) is 48.8 Å². The number of carbonyl (C=O) groups excluding carboxylic acids is 1. The lowest BCUT2D eigenvalue weighted by atomic mass is 10.1. The third kappa shape index (κ3) is 3.77. The number of hydrogen-bond donors (Lipinski definition) is 1. The highest BCUT2D eigenvalue weighted by atomic mass is 19.1. The summed E-state index contributed by atoms with van der Waals surface area (Å²) in [6, 6.07) is 9.07. The molecule has 0 radical (unpaired) electrons. The third-order valence-corrected chi connectivity index (χ3v) is 2.68. The minimum absolute atomic E-state index is 0.234. The molecule has 1 aromatic carbocycles. The molecule has 0 fully saturated rings. The van der Waals surface area contributed by atoms with Gasteiger partial charge in [-0.1, -0.05) is 12.1 Å². The van der Waals surface area contributed by atoms with Crippen molar-refractivity contribution in [2.24, 2.45) is 0 Å². The Morgan fingerprint density at radius 3 is 2.42 bits per heavy atom. The first-order valence-corrected chi connectivity index (χ1v) is 5.86. The van der Waals surface area contributed by atoms with Gasteiger partial charge in [0.2, 0.25) is 0 Å². The Labute approximate surface area is 110 Å². The molecule has 0 unspecified atom stereocenters. The van der Waals surface area contributed by atoms with Crippen LogP contribution >= 0.6 is 0 Å². The van der Waals surface area contributed by atoms with E-state index in [4.69, 9.17) is 0 Å². The first-order chi connectivity index (χ1) is 9.15. The van der Waals surface area contributed by atoms with Crippen molar-refractivity contribution >= 4 is 5.91 Å². The van der Waals surface area contributed by atoms with Crippen molar-refractivity contribution in [1.82, 2.24) is 5.32 Å². The number of nitrogens with one attached hydrogen (secondary N) is 1. The zero-order valence-corrected chi connectivity index (χ0v) is 10.2. The molecule has 5 heteroatoms. The summed E-state index contributed by atoms with van der Waals surface area (Å²) in [7, 11) is 0. The largest absolute Gasteiger partial charge is 0.619 e. The summed E-state index contributed by atoms with van der Waals surface area (Å²) < 4.78 is 13.3. The Bertz CT molecular complexity index is 553. The number of pyridine rings is 1. The first kappa shape index (κ1) is 13.0. The van der Waals surface area contributed by atoms with Crippen LogP contribution in [0.5, 0.6) is 0 Å². The number of carbonyl (C=O) groups is 1. The molecule has 0 aliphatic rings. The molecule has 0 saturated heterocycles. The quantitative estimate of drug-likeness (QED) is 0.668. The summed E-state index contributed by atoms with van der Waals surface area (Å²) in [6.07, 6.45) is 3.17. The molecule has 0 spiro atoms. The molecular formula is C14H13FN2O2. The summed E-state index contributed by atoms with van der Waals surface area (Å²) in [5, 5.41) is 13.6. The smallest absolute Gasteiger partial charge is 0.251 e. The van der Waals surface area contributed by atoms with Crippen LogP contribution < -0.4 is 10.0 Å². The van der Waals surface area contributed by atoms with Gasteiger partial charge in [-0.2, -0.15) is 4.73 Å². The van der Waals surface area contributed by atoms with Gasteiger partial charge in [0.05, 0.1) is 5.56 Å². The molecule has 0 atom stereocenters. The van der Waals surface area contributed by atoms with Crippen LogP contribution in [0.25, 0.3) is 0 Å². The number of halogens is 1. The fourth-order valence-corrected chi connectivity index (χ4v) is 1.64. The highest BCUT2D eigenvalue weighted by molar-refractivity contribution is 5.93. The maximum Gasteiger partial charge on any atom is 0.251 e. The van der Waals surface area contributed by atoms with Crippen LogP contribution in [0.3, 0.4) is 0 Å². The lowest BCUT2D eigenvalue weighted by molar-refractivity contribution is -0.605. The lowest BCUT2D eigenvalue weighted by Gasteiger charge is -2.05. The maximum absolute atomic E-state index is 12.7. The minimum atomic E-state index is -0.275. The molecular weight excluding hydrogens is 247 g/mol. The van der Waals surface area contributed by atoms with Crippen molar-refractivity contribution in [3.63, 3.8) is 0 Å². The van der Waals surface area contributed by atoms with Crippen LogP contribution in [-0.2, 0) is 6.42 Å². The molecule has 0 aliphatic heterocycles. The third-order valence-electron chi connectivity index (χ3n) is 2.68. The van der Waals surface area contributed by atoms with Crippen LogP contribution in [-0.4, -0.2) is 12.5 Å². The second-order valence-electron chi connectivity index (χ2n) is 4.08. The normalized spacial score (nSPS) is 10.2. The molecule has 2 aromatic rings. The van der Waals surface area contributed by atoms with Crippen LogP contribution in [0, 0.1) is 11.0 Å². The molecule has 0 bridgehead atoms. The minimum Gasteiger partial charge on any atom is -0.619 e. The van der Waals surface area contributed by atoms with Crippen molar-refractivity contribution in [1.29, 1.82) is 0 Å². The SMILES string of the molecule is O=C(NCCc1ccc(F)cc1)c1cc[n+]([O-])cc1. The fourth-order valence-electron chi connectivity index (χ4n) is 1.64. The van der Waals surface area contributed by atoms with Crippen molar-refractivity contribution in [2.75, 3.05) is 6.54 Å². The monoisotopic (exact) mass is 260 g/mol. The summed E-state index contributed by atoms with van der Waals surface area (Å²) in [6.45, 7) is 0.455. The Hall–Kier alpha value is -2.43. The van der Waals surface area contributed by atoms with Gasteiger partial charge in [0.1, 0.15) is 5.82 Å². The highest BCUT2D eigenvalue weighted by Crippen LogP contribution is 2.03. The number of nitrogens with zero attached hydrogens (tertiary/aromatic N) is 1. The summed E-state index contributed by atoms with van der Waals surface area (Å²) in [4.78, 5) is 11.7. The Morgan fingerprint density at radius 2 is 1.79 bits per heavy atom. The van der Waals surface area contributed by atoms with Gasteiger partial charge < -0.3 is 10.5 Å². The maximum atomic E-state index is 12.7. The van der Waals surface area contributed by atoms with E-state index in [0.717, 1.165) is 5.56 Å². The van der Waals surface area contributed by atoms with Crippen LogP contribution in [0.1, 0.15) is 15.9 Å². The van der Waals surface area contributed by atoms with Crippen molar-refractivity contribution in [3.05, 3.63) is 70.9 Å². The summed E-state index contributed by atoms with van der Waals surface area (Å²) in [5.41, 5.74) is 1.39. The molecule has 4 nitrogen and oxygen atoms in total. The van der Waals surface area contributed by atoms with Gasteiger partial charge in [-0.05, 0) is 24.1 Å². The molecule has 0 saturated carbocycles. The van der Waals surface area contributed by atoms with Gasteiger partial charge >= 0.3 is 0 Å². The highest BCUT2D eigenvalue weighted by Gasteiger charge is 2.05. The number of aromatic nitrogens is 1. The Morgan fingerprint density at radius 1 is 1.16 bits per heavy atom. The van der Waals surface area contributed by atoms with Gasteiger partial charge in [-0.15, -0.1) is 0 Å². The number of hydrogen-bond acceptors (Lipinski definition) is 2. The van der Waals surface area contributed by atoms with E-state index < -0.39 is 0 Å². The second-order valence-corrected chi connectivity index (χ2v) is 4.08. The fraction of sp³-hybridized carbons (Fsp3) is 0.143. The average molecular weight is 260 g/mol. The van der Waals surface area contributed by atoms with Crippen molar-refractivity contribution in [3.8, 4) is 0 Å². The molecule has 1 aromatic heterocycles. The van der Waals surface area contributed by atoms with Gasteiger partial charge in [0, 0.05) is 18.7 Å². The average Bonchev–Trinajstić information content (AvgIpc) is 2.41. The predicted octanol–water partition coefficient (Wildman–Crippen LogP) is 1.43. The molecule has 0 aliphatic carbocycles. The first-order valence-electron chi connectivity index (χ1n) is 5.86. The van der Waals surface area contributed by atoms with Gasteiger partial charge in [-0.3, -0.25) is 4.79 Å². The molecule has 98 valence electrons. The predicted molar refractivity (Wildman–Crippen MR) is 67.8 cm³/mol. The van der Waals surface area contributed by atoms with E-state index in [9.17, 15) is 14.4 Å². The van der Waals surface area contributed by atoms with E-state index in [1.807, 2.05) is 0 Å². The molecule has 1 N–H and O–H groups in total. The molecule has 2 rings (SSSR count). The molecule has 1 heterocycles. The summed E-state index contributed by atoms with van der Waals surface area (Å²) in [5.74, 6) is -0.509. The Balaban J connectivity index is 1.84. The van der Waals surface area contributed by atoms with E-state index in [-0.39, 0.29) is 11.7 Å². The van der Waals surface area contributed by atoms with E-state index >= 15 is 0 Å². The van der Waals surface area contributed by atoms with Gasteiger partial charge in [0.15, 0.2) is 12.4 Å². The molecule has 1 amide bonds. The van der Waals surface area contributed by atoms with Crippen molar-refractivity contribution in [2.45, 2.75) is 6.42 Å². The number of rotatable bonds is 4. The van der Waals surface area contributed by atoms with E-state index in [2.05, 4.69) is 5.32 Å². The number of benzene rings is 1. The standard InChI is InChI=1S/C14H13FN2O2/c15-13-3-1-11(2-4-13)5-8-16-14(18)12-6-9-17(19)10-7-12/h1-4,6-7,9-10H,5,8H2,(H,16,18). The van der Waals surface area contributed by atoms with Crippen LogP contribution in [0.2, 0.25) is 0 Å². The topological polar surface area (TPSA) is 56.0 Å². The van der Waals surface area contributed by atoms with Crippen LogP contribution in [0.4, 0.5) is 4.39 Å². The van der Waals surface area contributed by atoms with Gasteiger partial charge in [0.25, 0.3) is 5.91 Å². The van der Waals surface area contributed by atoms with Gasteiger partial charge in [-0.25, -0.2) is 4.39 Å². The van der Waals surface area contributed by atoms with E-state index in [1.165, 1.54) is 36.7 Å². The lowest BCUT2D eigenvalue weighted by Crippen LogP contribution is -2.28. The van der Waals surface area contributed by atoms with E-state index in [0.29, 0.717) is 23.3 Å². The number of amides is 1. The summed E-state index contributed by atoms with van der Waals surface area (Å²) >= 11 is 0. The Kier molecular flexibility index (Phi) is 4.07. The molecule has 19 heavy (non-hydrogen) atoms. The van der Waals surface area contributed by atoms with Crippen molar-refractivity contribution < 1.29 is 13.9 Å². The van der Waals surface area contributed by atoms with E-state index in [1.54, 1.807) is 12.1 Å². The second kappa shape index (κ2) is 5.95.